The third kappa shape index (κ3) is 1.24. The van der Waals surface area contributed by atoms with Gasteiger partial charge in [-0.2, -0.15) is 0 Å². The molecule has 0 nitrogen and oxygen atoms in total. The summed E-state index contributed by atoms with van der Waals surface area (Å²) in [5, 5.41) is 0. The molecule has 0 aromatic carbocycles. The summed E-state index contributed by atoms with van der Waals surface area (Å²) in [6, 6.07) is 0. The second-order valence-corrected chi connectivity index (χ2v) is 3.19. The Hall–Kier alpha value is 0. The lowest BCUT2D eigenvalue weighted by Gasteiger charge is -2.02. The number of rotatable bonds is 1. The zero-order chi connectivity index (χ0) is 5.98. The van der Waals surface area contributed by atoms with E-state index in [9.17, 15) is 0 Å². The zero-order valence-corrected chi connectivity index (χ0v) is 5.98. The van der Waals surface area contributed by atoms with Crippen LogP contribution in [0, 0.1) is 11.8 Å². The molecule has 2 atom stereocenters. The summed E-state index contributed by atoms with van der Waals surface area (Å²) in [6.45, 7) is 4.68. The molecule has 1 aliphatic rings. The van der Waals surface area contributed by atoms with Crippen molar-refractivity contribution in [1.82, 2.24) is 0 Å². The fourth-order valence-corrected chi connectivity index (χ4v) is 1.70. The molecular formula is C8H16. The minimum Gasteiger partial charge on any atom is -0.0651 e. The molecule has 8 heavy (non-hydrogen) atoms. The first-order valence-electron chi connectivity index (χ1n) is 3.83. The lowest BCUT2D eigenvalue weighted by molar-refractivity contribution is 0.501. The van der Waals surface area contributed by atoms with Gasteiger partial charge in [0.05, 0.1) is 0 Å². The molecule has 48 valence electrons. The average Bonchev–Trinajstić information content (AvgIpc) is 2.14. The van der Waals surface area contributed by atoms with Crippen LogP contribution in [0.4, 0.5) is 0 Å². The molecule has 1 rings (SSSR count). The Labute approximate surface area is 52.3 Å². The lowest BCUT2D eigenvalue weighted by atomic mass is 10.0. The molecule has 0 aliphatic heterocycles. The van der Waals surface area contributed by atoms with Crippen LogP contribution in [0.1, 0.15) is 39.5 Å². The van der Waals surface area contributed by atoms with Gasteiger partial charge in [-0.3, -0.25) is 0 Å². The van der Waals surface area contributed by atoms with Crippen LogP contribution in [0.25, 0.3) is 0 Å². The Bertz CT molecular complexity index is 66.4. The molecule has 0 saturated heterocycles. The normalized spacial score (nSPS) is 38.2. The van der Waals surface area contributed by atoms with Crippen LogP contribution in [0.3, 0.4) is 0 Å². The van der Waals surface area contributed by atoms with Gasteiger partial charge >= 0.3 is 0 Å². The van der Waals surface area contributed by atoms with Crippen LogP contribution >= 0.6 is 0 Å². The summed E-state index contributed by atoms with van der Waals surface area (Å²) < 4.78 is 0. The van der Waals surface area contributed by atoms with E-state index in [0.29, 0.717) is 0 Å². The second-order valence-electron chi connectivity index (χ2n) is 3.19. The molecule has 0 aromatic heterocycles. The van der Waals surface area contributed by atoms with Gasteiger partial charge < -0.3 is 0 Å². The van der Waals surface area contributed by atoms with Gasteiger partial charge in [0.25, 0.3) is 0 Å². The topological polar surface area (TPSA) is 0 Å². The molecular weight excluding hydrogens is 96.1 g/mol. The fraction of sp³-hybridized carbons (Fsp3) is 1.00. The molecule has 1 fully saturated rings. The van der Waals surface area contributed by atoms with Gasteiger partial charge in [0.1, 0.15) is 0 Å². The van der Waals surface area contributed by atoms with E-state index in [1.807, 2.05) is 0 Å². The smallest absolute Gasteiger partial charge is 0.0414 e. The van der Waals surface area contributed by atoms with Crippen LogP contribution in [0.2, 0.25) is 0 Å². The van der Waals surface area contributed by atoms with Gasteiger partial charge in [0, 0.05) is 0 Å². The summed E-state index contributed by atoms with van der Waals surface area (Å²) in [5.41, 5.74) is 0. The van der Waals surface area contributed by atoms with E-state index in [1.165, 1.54) is 25.7 Å². The maximum atomic E-state index is 2.37. The van der Waals surface area contributed by atoms with Crippen molar-refractivity contribution < 1.29 is 0 Å². The monoisotopic (exact) mass is 112 g/mol. The molecule has 0 heteroatoms. The highest BCUT2D eigenvalue weighted by atomic mass is 14.2. The van der Waals surface area contributed by atoms with Crippen molar-refractivity contribution in [3.8, 4) is 0 Å². The van der Waals surface area contributed by atoms with Gasteiger partial charge in [-0.25, -0.2) is 0 Å². The molecule has 0 N–H and O–H groups in total. The summed E-state index contributed by atoms with van der Waals surface area (Å²) in [7, 11) is 0. The van der Waals surface area contributed by atoms with Crippen molar-refractivity contribution in [2.45, 2.75) is 39.5 Å². The van der Waals surface area contributed by atoms with Crippen LogP contribution in [0.5, 0.6) is 0 Å². The zero-order valence-electron chi connectivity index (χ0n) is 5.98. The molecule has 1 aliphatic carbocycles. The molecule has 0 heterocycles. The van der Waals surface area contributed by atoms with Crippen molar-refractivity contribution in [3.63, 3.8) is 0 Å². The first-order valence-corrected chi connectivity index (χ1v) is 3.83. The quantitative estimate of drug-likeness (QED) is 0.489. The van der Waals surface area contributed by atoms with E-state index < -0.39 is 0 Å². The first kappa shape index (κ1) is 6.12. The van der Waals surface area contributed by atoms with Crippen LogP contribution in [-0.4, -0.2) is 0 Å². The maximum absolute atomic E-state index is 2.37. The SMILES string of the molecule is CC[C@H]1CC[C@@H](C)C1. The highest BCUT2D eigenvalue weighted by Crippen LogP contribution is 2.31. The molecule has 0 aromatic rings. The van der Waals surface area contributed by atoms with E-state index in [0.717, 1.165) is 11.8 Å². The van der Waals surface area contributed by atoms with E-state index in [2.05, 4.69) is 13.8 Å². The van der Waals surface area contributed by atoms with Crippen molar-refractivity contribution in [2.75, 3.05) is 0 Å². The van der Waals surface area contributed by atoms with Crippen molar-refractivity contribution in [3.05, 3.63) is 0 Å². The summed E-state index contributed by atoms with van der Waals surface area (Å²) in [4.78, 5) is 0. The van der Waals surface area contributed by atoms with Crippen molar-refractivity contribution >= 4 is 0 Å². The number of hydrogen-bond acceptors (Lipinski definition) is 0. The highest BCUT2D eigenvalue weighted by molar-refractivity contribution is 4.70. The average molecular weight is 112 g/mol. The van der Waals surface area contributed by atoms with E-state index in [1.54, 1.807) is 0 Å². The predicted octanol–water partition coefficient (Wildman–Crippen LogP) is 2.83. The van der Waals surface area contributed by atoms with E-state index in [4.69, 9.17) is 0 Å². The van der Waals surface area contributed by atoms with Gasteiger partial charge in [0.2, 0.25) is 0 Å². The molecule has 0 radical (unpaired) electrons. The Balaban J connectivity index is 2.22. The van der Waals surface area contributed by atoms with Gasteiger partial charge in [-0.1, -0.05) is 33.1 Å². The minimum atomic E-state index is 1.03. The second kappa shape index (κ2) is 2.52. The van der Waals surface area contributed by atoms with Crippen molar-refractivity contribution in [1.29, 1.82) is 0 Å². The first-order chi connectivity index (χ1) is 3.83. The van der Waals surface area contributed by atoms with Gasteiger partial charge in [0.15, 0.2) is 0 Å². The molecule has 0 spiro atoms. The van der Waals surface area contributed by atoms with Gasteiger partial charge in [-0.15, -0.1) is 0 Å². The lowest BCUT2D eigenvalue weighted by Crippen LogP contribution is -1.89. The summed E-state index contributed by atoms with van der Waals surface area (Å²) in [6.07, 6.45) is 5.89. The Morgan fingerprint density at radius 1 is 1.38 bits per heavy atom. The standard InChI is InChI=1S/C8H16/c1-3-8-5-4-7(2)6-8/h7-8H,3-6H2,1-2H3/t7-,8+/m1/s1. The Morgan fingerprint density at radius 3 is 2.38 bits per heavy atom. The third-order valence-electron chi connectivity index (χ3n) is 2.38. The largest absolute Gasteiger partial charge is 0.0651 e. The number of hydrogen-bond donors (Lipinski definition) is 0. The summed E-state index contributed by atoms with van der Waals surface area (Å²) in [5.74, 6) is 2.10. The third-order valence-corrected chi connectivity index (χ3v) is 2.38. The molecule has 1 saturated carbocycles. The Morgan fingerprint density at radius 2 is 2.12 bits per heavy atom. The molecule has 0 bridgehead atoms. The maximum Gasteiger partial charge on any atom is -0.0414 e. The van der Waals surface area contributed by atoms with E-state index >= 15 is 0 Å². The fourth-order valence-electron chi connectivity index (χ4n) is 1.70. The summed E-state index contributed by atoms with van der Waals surface area (Å²) >= 11 is 0. The van der Waals surface area contributed by atoms with Crippen LogP contribution in [-0.2, 0) is 0 Å². The van der Waals surface area contributed by atoms with E-state index in [-0.39, 0.29) is 0 Å². The minimum absolute atomic E-state index is 1.03. The predicted molar refractivity (Wildman–Crippen MR) is 36.8 cm³/mol. The Kier molecular flexibility index (Phi) is 1.93. The van der Waals surface area contributed by atoms with Gasteiger partial charge in [-0.05, 0) is 18.3 Å². The van der Waals surface area contributed by atoms with Crippen LogP contribution < -0.4 is 0 Å². The van der Waals surface area contributed by atoms with Crippen molar-refractivity contribution in [2.24, 2.45) is 11.8 Å². The molecule has 0 unspecified atom stereocenters. The highest BCUT2D eigenvalue weighted by Gasteiger charge is 2.18. The van der Waals surface area contributed by atoms with Crippen LogP contribution in [0.15, 0.2) is 0 Å². The molecule has 0 amide bonds.